The van der Waals surface area contributed by atoms with Crippen molar-refractivity contribution in [2.45, 2.75) is 31.8 Å². The topological polar surface area (TPSA) is 59.2 Å². The molecule has 25 heavy (non-hydrogen) atoms. The Kier molecular flexibility index (Phi) is 4.32. The van der Waals surface area contributed by atoms with Crippen LogP contribution >= 0.6 is 0 Å². The Hall–Kier alpha value is -2.53. The highest BCUT2D eigenvalue weighted by molar-refractivity contribution is 5.86. The molecule has 1 aliphatic rings. The summed E-state index contributed by atoms with van der Waals surface area (Å²) in [5.41, 5.74) is 5.06. The highest BCUT2D eigenvalue weighted by Crippen LogP contribution is 2.31. The van der Waals surface area contributed by atoms with Crippen LogP contribution < -0.4 is 14.8 Å². The summed E-state index contributed by atoms with van der Waals surface area (Å²) >= 11 is 0. The molecule has 0 saturated heterocycles. The Balaban J connectivity index is 1.52. The van der Waals surface area contributed by atoms with E-state index in [2.05, 4.69) is 33.5 Å². The normalized spacial score (nSPS) is 16.6. The fourth-order valence-corrected chi connectivity index (χ4v) is 3.69. The molecule has 2 heterocycles. The van der Waals surface area contributed by atoms with Crippen molar-refractivity contribution in [2.75, 3.05) is 14.2 Å². The van der Waals surface area contributed by atoms with Gasteiger partial charge in [-0.1, -0.05) is 6.07 Å². The summed E-state index contributed by atoms with van der Waals surface area (Å²) in [6.07, 6.45) is 4.97. The molecule has 130 valence electrons. The van der Waals surface area contributed by atoms with Crippen LogP contribution in [0.2, 0.25) is 0 Å². The second-order valence-corrected chi connectivity index (χ2v) is 6.49. The first-order valence-corrected chi connectivity index (χ1v) is 8.67. The van der Waals surface area contributed by atoms with E-state index in [-0.39, 0.29) is 0 Å². The third-order valence-corrected chi connectivity index (χ3v) is 5.02. The molecule has 2 aromatic heterocycles. The highest BCUT2D eigenvalue weighted by atomic mass is 16.5. The first kappa shape index (κ1) is 16.0. The second-order valence-electron chi connectivity index (χ2n) is 6.49. The lowest BCUT2D eigenvalue weighted by atomic mass is 9.91. The van der Waals surface area contributed by atoms with Crippen LogP contribution in [-0.2, 0) is 19.4 Å². The fourth-order valence-electron chi connectivity index (χ4n) is 3.69. The first-order valence-electron chi connectivity index (χ1n) is 8.67. The zero-order chi connectivity index (χ0) is 17.2. The minimum absolute atomic E-state index is 0.447. The maximum atomic E-state index is 5.39. The van der Waals surface area contributed by atoms with Crippen molar-refractivity contribution in [3.63, 3.8) is 0 Å². The Morgan fingerprint density at radius 1 is 1.24 bits per heavy atom. The van der Waals surface area contributed by atoms with E-state index in [1.165, 1.54) is 22.2 Å². The Morgan fingerprint density at radius 3 is 3.00 bits per heavy atom. The van der Waals surface area contributed by atoms with Gasteiger partial charge in [-0.15, -0.1) is 0 Å². The van der Waals surface area contributed by atoms with Gasteiger partial charge in [0.2, 0.25) is 5.88 Å². The number of benzene rings is 1. The molecule has 1 aliphatic carbocycles. The van der Waals surface area contributed by atoms with E-state index in [1.807, 2.05) is 12.1 Å². The third-order valence-electron chi connectivity index (χ3n) is 5.02. The minimum Gasteiger partial charge on any atom is -0.497 e. The van der Waals surface area contributed by atoms with E-state index < -0.39 is 0 Å². The van der Waals surface area contributed by atoms with Gasteiger partial charge in [0, 0.05) is 40.9 Å². The van der Waals surface area contributed by atoms with Gasteiger partial charge in [-0.2, -0.15) is 0 Å². The van der Waals surface area contributed by atoms with Crippen LogP contribution in [-0.4, -0.2) is 30.2 Å². The van der Waals surface area contributed by atoms with Crippen molar-refractivity contribution >= 4 is 10.9 Å². The maximum Gasteiger partial charge on any atom is 0.217 e. The first-order chi connectivity index (χ1) is 12.3. The van der Waals surface area contributed by atoms with Gasteiger partial charge in [0.05, 0.1) is 14.2 Å². The van der Waals surface area contributed by atoms with Crippen molar-refractivity contribution in [1.82, 2.24) is 15.3 Å². The molecule has 1 aromatic carbocycles. The highest BCUT2D eigenvalue weighted by Gasteiger charge is 2.22. The Morgan fingerprint density at radius 2 is 2.16 bits per heavy atom. The fraction of sp³-hybridized carbons (Fsp3) is 0.350. The molecule has 0 bridgehead atoms. The summed E-state index contributed by atoms with van der Waals surface area (Å²) in [7, 11) is 3.38. The zero-order valence-corrected chi connectivity index (χ0v) is 14.6. The van der Waals surface area contributed by atoms with Gasteiger partial charge in [0.15, 0.2) is 0 Å². The van der Waals surface area contributed by atoms with Gasteiger partial charge in [-0.3, -0.25) is 0 Å². The van der Waals surface area contributed by atoms with Crippen molar-refractivity contribution < 1.29 is 9.47 Å². The van der Waals surface area contributed by atoms with Crippen LogP contribution in [0.1, 0.15) is 23.2 Å². The molecule has 0 aliphatic heterocycles. The average molecular weight is 337 g/mol. The van der Waals surface area contributed by atoms with Crippen LogP contribution in [0.3, 0.4) is 0 Å². The van der Waals surface area contributed by atoms with Crippen LogP contribution in [0, 0.1) is 0 Å². The lowest BCUT2D eigenvalue weighted by molar-refractivity contribution is 0.385. The summed E-state index contributed by atoms with van der Waals surface area (Å²) < 4.78 is 10.7. The quantitative estimate of drug-likeness (QED) is 0.750. The van der Waals surface area contributed by atoms with E-state index in [9.17, 15) is 0 Å². The number of rotatable bonds is 5. The molecule has 0 amide bonds. The van der Waals surface area contributed by atoms with E-state index in [0.29, 0.717) is 11.9 Å². The summed E-state index contributed by atoms with van der Waals surface area (Å²) in [6, 6.07) is 10.7. The third kappa shape index (κ3) is 3.07. The maximum absolute atomic E-state index is 5.39. The average Bonchev–Trinajstić information content (AvgIpc) is 3.03. The molecular weight excluding hydrogens is 314 g/mol. The van der Waals surface area contributed by atoms with Crippen LogP contribution in [0.4, 0.5) is 0 Å². The smallest absolute Gasteiger partial charge is 0.217 e. The Bertz CT molecular complexity index is 888. The largest absolute Gasteiger partial charge is 0.497 e. The predicted molar refractivity (Wildman–Crippen MR) is 98.3 cm³/mol. The van der Waals surface area contributed by atoms with Crippen molar-refractivity contribution in [3.8, 4) is 11.6 Å². The van der Waals surface area contributed by atoms with Crippen molar-refractivity contribution in [2.24, 2.45) is 0 Å². The van der Waals surface area contributed by atoms with Gasteiger partial charge in [0.25, 0.3) is 0 Å². The molecule has 0 radical (unpaired) electrons. The molecule has 0 fully saturated rings. The number of aromatic amines is 1. The second kappa shape index (κ2) is 6.76. The molecule has 0 saturated carbocycles. The number of ether oxygens (including phenoxy) is 2. The molecule has 5 heteroatoms. The van der Waals surface area contributed by atoms with Gasteiger partial charge >= 0.3 is 0 Å². The lowest BCUT2D eigenvalue weighted by Gasteiger charge is -2.24. The van der Waals surface area contributed by atoms with Crippen LogP contribution in [0.5, 0.6) is 11.6 Å². The number of nitrogens with one attached hydrogen (secondary N) is 2. The number of aromatic nitrogens is 2. The molecule has 2 N–H and O–H groups in total. The minimum atomic E-state index is 0.447. The standard InChI is InChI=1S/C20H23N3O2/c1-24-15-6-8-19-17(11-15)16-10-14(5-7-18(16)23-19)22-12-13-4-3-9-21-20(13)25-2/h3-4,6,8-9,11,14,22-23H,5,7,10,12H2,1-2H3/t14-/m1/s1. The molecule has 0 unspecified atom stereocenters. The van der Waals surface area contributed by atoms with E-state index in [0.717, 1.165) is 37.1 Å². The molecular formula is C20H23N3O2. The van der Waals surface area contributed by atoms with Crippen LogP contribution in [0.25, 0.3) is 10.9 Å². The molecule has 4 rings (SSSR count). The summed E-state index contributed by atoms with van der Waals surface area (Å²) in [5, 5.41) is 4.95. The molecule has 1 atom stereocenters. The van der Waals surface area contributed by atoms with Gasteiger partial charge in [-0.05, 0) is 49.1 Å². The summed E-state index contributed by atoms with van der Waals surface area (Å²) in [6.45, 7) is 0.767. The number of hydrogen-bond donors (Lipinski definition) is 2. The lowest BCUT2D eigenvalue weighted by Crippen LogP contribution is -2.34. The number of nitrogens with zero attached hydrogens (tertiary/aromatic N) is 1. The van der Waals surface area contributed by atoms with E-state index in [1.54, 1.807) is 20.4 Å². The van der Waals surface area contributed by atoms with Gasteiger partial charge < -0.3 is 19.8 Å². The molecule has 3 aromatic rings. The SMILES string of the molecule is COc1ccc2[nH]c3c(c2c1)C[C@H](NCc1cccnc1OC)CC3. The monoisotopic (exact) mass is 337 g/mol. The number of H-pyrrole nitrogens is 1. The number of aryl methyl sites for hydroxylation is 1. The van der Waals surface area contributed by atoms with Gasteiger partial charge in [-0.25, -0.2) is 4.98 Å². The van der Waals surface area contributed by atoms with Gasteiger partial charge in [0.1, 0.15) is 5.75 Å². The van der Waals surface area contributed by atoms with Crippen LogP contribution in [0.15, 0.2) is 36.5 Å². The van der Waals surface area contributed by atoms with Crippen molar-refractivity contribution in [1.29, 1.82) is 0 Å². The van der Waals surface area contributed by atoms with E-state index >= 15 is 0 Å². The number of methoxy groups -OCH3 is 2. The molecule has 5 nitrogen and oxygen atoms in total. The summed E-state index contributed by atoms with van der Waals surface area (Å²) in [4.78, 5) is 7.83. The van der Waals surface area contributed by atoms with E-state index in [4.69, 9.17) is 9.47 Å². The number of hydrogen-bond acceptors (Lipinski definition) is 4. The Labute approximate surface area is 147 Å². The summed E-state index contributed by atoms with van der Waals surface area (Å²) in [5.74, 6) is 1.60. The zero-order valence-electron chi connectivity index (χ0n) is 14.6. The number of pyridine rings is 1. The molecule has 0 spiro atoms. The van der Waals surface area contributed by atoms with Crippen molar-refractivity contribution in [3.05, 3.63) is 53.3 Å². The number of fused-ring (bicyclic) bond motifs is 3. The predicted octanol–water partition coefficient (Wildman–Crippen LogP) is 3.23.